The Morgan fingerprint density at radius 1 is 0.732 bits per heavy atom. The molecule has 0 spiro atoms. The van der Waals surface area contributed by atoms with E-state index in [2.05, 4.69) is 46.4 Å². The van der Waals surface area contributed by atoms with E-state index in [1.54, 1.807) is 36.4 Å². The van der Waals surface area contributed by atoms with Gasteiger partial charge in [0.2, 0.25) is 0 Å². The zero-order chi connectivity index (χ0) is 40.6. The van der Waals surface area contributed by atoms with Gasteiger partial charge >= 0.3 is 0 Å². The van der Waals surface area contributed by atoms with E-state index in [0.29, 0.717) is 47.1 Å². The molecule has 300 valence electrons. The molecule has 11 atom stereocenters. The second-order valence-corrected chi connectivity index (χ2v) is 20.4. The monoisotopic (exact) mass is 782 g/mol. The number of carbonyl (C=O) groups is 4. The molecule has 56 heavy (non-hydrogen) atoms. The molecule has 8 nitrogen and oxygen atoms in total. The Kier molecular flexibility index (Phi) is 10.4. The SMILES string of the molecule is C=C1CC2C(CC[C@]3(C)C(=O)CCC23)[C@@]2(C)C=CC(=O)C=C12.C[C@]12C=CC(=O)C=C1C(CO)CC1C2CC[C@]2(C)C(=O)CCC12.Cc1ccc(S(=O)(=O)O)cc1. The third kappa shape index (κ3) is 6.63. The quantitative estimate of drug-likeness (QED) is 0.285. The van der Waals surface area contributed by atoms with Gasteiger partial charge in [-0.3, -0.25) is 23.7 Å². The molecule has 1 aromatic carbocycles. The first kappa shape index (κ1) is 40.7. The standard InChI is InChI=1S/C20H26O3.C20H24O2.C7H8O3S/c1-19-7-5-13(22)10-17(19)12(11-21)9-14-15-3-4-18(23)20(15,2)8-6-16(14)19;1-12-10-14-15-4-5-18(22)20(15,3)9-7-16(14)19(2)8-6-13(21)11-17(12)19;1-6-2-4-7(5-3-6)11(8,9)10/h5,7,10,12,14-16,21H,3-4,6,8-9,11H2,1-2H3;6,8,11,14-16H,1,4-5,7,9-10H2,2-3H3;2-5H,1H3,(H,8,9,10)/t12?,14?,15?,16?,19-,20+;14?,15?,16?,19-,20+;/m11./s1. The molecule has 2 N–H and O–H groups in total. The maximum Gasteiger partial charge on any atom is 0.294 e. The fourth-order valence-electron chi connectivity index (χ4n) is 13.1. The molecule has 0 amide bonds. The number of aliphatic hydroxyl groups is 1. The van der Waals surface area contributed by atoms with Crippen molar-refractivity contribution in [2.75, 3.05) is 6.61 Å². The van der Waals surface area contributed by atoms with Crippen molar-refractivity contribution in [3.8, 4) is 0 Å². The summed E-state index contributed by atoms with van der Waals surface area (Å²) < 4.78 is 29.6. The zero-order valence-corrected chi connectivity index (χ0v) is 34.4. The molecule has 0 bridgehead atoms. The van der Waals surface area contributed by atoms with Gasteiger partial charge in [0.25, 0.3) is 10.1 Å². The summed E-state index contributed by atoms with van der Waals surface area (Å²) in [5.74, 6) is 4.12. The number of carbonyl (C=O) groups excluding carboxylic acids is 4. The van der Waals surface area contributed by atoms with Crippen LogP contribution in [0.25, 0.3) is 0 Å². The largest absolute Gasteiger partial charge is 0.396 e. The number of Topliss-reactive ketones (excluding diaryl/α,β-unsaturated/α-hetero) is 2. The van der Waals surface area contributed by atoms with Crippen molar-refractivity contribution in [2.45, 2.75) is 104 Å². The van der Waals surface area contributed by atoms with Gasteiger partial charge in [-0.2, -0.15) is 8.42 Å². The van der Waals surface area contributed by atoms with E-state index in [4.69, 9.17) is 4.55 Å². The van der Waals surface area contributed by atoms with Crippen LogP contribution in [0.2, 0.25) is 0 Å². The van der Waals surface area contributed by atoms with Crippen LogP contribution in [0.4, 0.5) is 0 Å². The second kappa shape index (κ2) is 14.4. The molecular weight excluding hydrogens is 725 g/mol. The maximum absolute atomic E-state index is 12.4. The van der Waals surface area contributed by atoms with Crippen molar-refractivity contribution in [1.82, 2.24) is 0 Å². The number of allylic oxidation sites excluding steroid dienone is 8. The lowest BCUT2D eigenvalue weighted by Crippen LogP contribution is -2.52. The fraction of sp³-hybridized carbons (Fsp3) is 0.574. The predicted molar refractivity (Wildman–Crippen MR) is 215 cm³/mol. The first-order valence-electron chi connectivity index (χ1n) is 20.6. The summed E-state index contributed by atoms with van der Waals surface area (Å²) in [6, 6.07) is 5.99. The summed E-state index contributed by atoms with van der Waals surface area (Å²) in [5.41, 5.74) is 3.90. The van der Waals surface area contributed by atoms with Crippen molar-refractivity contribution in [3.63, 3.8) is 0 Å². The molecule has 6 saturated carbocycles. The molecule has 0 aromatic heterocycles. The molecular formula is C47H58O8S. The number of rotatable bonds is 2. The van der Waals surface area contributed by atoms with E-state index < -0.39 is 10.1 Å². The van der Waals surface area contributed by atoms with Gasteiger partial charge in [0.15, 0.2) is 11.6 Å². The van der Waals surface area contributed by atoms with Crippen molar-refractivity contribution in [3.05, 3.63) is 89.6 Å². The van der Waals surface area contributed by atoms with E-state index in [1.807, 2.05) is 6.92 Å². The van der Waals surface area contributed by atoms with Gasteiger partial charge in [0.05, 0.1) is 4.90 Å². The molecule has 0 heterocycles. The lowest BCUT2D eigenvalue weighted by atomic mass is 9.46. The van der Waals surface area contributed by atoms with Crippen LogP contribution in [-0.4, -0.2) is 47.8 Å². The van der Waals surface area contributed by atoms with E-state index in [-0.39, 0.29) is 50.6 Å². The highest BCUT2D eigenvalue weighted by atomic mass is 32.2. The van der Waals surface area contributed by atoms with Crippen LogP contribution in [0.15, 0.2) is 88.9 Å². The van der Waals surface area contributed by atoms with Gasteiger partial charge < -0.3 is 5.11 Å². The van der Waals surface area contributed by atoms with Gasteiger partial charge in [-0.15, -0.1) is 0 Å². The van der Waals surface area contributed by atoms with Gasteiger partial charge in [-0.1, -0.05) is 75.3 Å². The van der Waals surface area contributed by atoms with Gasteiger partial charge in [0.1, 0.15) is 11.6 Å². The summed E-state index contributed by atoms with van der Waals surface area (Å²) in [4.78, 5) is 48.4. The lowest BCUT2D eigenvalue weighted by Gasteiger charge is -2.57. The van der Waals surface area contributed by atoms with E-state index in [0.717, 1.165) is 86.5 Å². The number of ketones is 4. The summed E-state index contributed by atoms with van der Waals surface area (Å²) in [5, 5.41) is 9.93. The predicted octanol–water partition coefficient (Wildman–Crippen LogP) is 8.35. The molecule has 9 rings (SSSR count). The van der Waals surface area contributed by atoms with Crippen LogP contribution < -0.4 is 0 Å². The highest BCUT2D eigenvalue weighted by molar-refractivity contribution is 7.85. The van der Waals surface area contributed by atoms with Crippen LogP contribution >= 0.6 is 0 Å². The maximum atomic E-state index is 12.4. The van der Waals surface area contributed by atoms with E-state index >= 15 is 0 Å². The first-order valence-corrected chi connectivity index (χ1v) is 22.0. The van der Waals surface area contributed by atoms with Crippen molar-refractivity contribution < 1.29 is 37.3 Å². The minimum atomic E-state index is -4.02. The summed E-state index contributed by atoms with van der Waals surface area (Å²) >= 11 is 0. The molecule has 9 heteroatoms. The number of aryl methyl sites for hydroxylation is 1. The minimum absolute atomic E-state index is 0.0473. The first-order chi connectivity index (χ1) is 26.3. The Hall–Kier alpha value is -3.53. The Morgan fingerprint density at radius 2 is 1.25 bits per heavy atom. The van der Waals surface area contributed by atoms with Crippen molar-refractivity contribution in [2.24, 2.45) is 63.1 Å². The van der Waals surface area contributed by atoms with Crippen molar-refractivity contribution >= 4 is 33.3 Å². The number of benzene rings is 1. The molecule has 0 radical (unpaired) electrons. The molecule has 6 fully saturated rings. The van der Waals surface area contributed by atoms with Crippen LogP contribution in [0.1, 0.15) is 97.5 Å². The lowest BCUT2D eigenvalue weighted by molar-refractivity contribution is -0.132. The molecule has 1 aromatic rings. The van der Waals surface area contributed by atoms with E-state index in [1.165, 1.54) is 12.1 Å². The smallest absolute Gasteiger partial charge is 0.294 e. The van der Waals surface area contributed by atoms with Crippen molar-refractivity contribution in [1.29, 1.82) is 0 Å². The molecule has 8 aliphatic rings. The Bertz CT molecular complexity index is 2090. The summed E-state index contributed by atoms with van der Waals surface area (Å²) in [6.07, 6.45) is 20.7. The summed E-state index contributed by atoms with van der Waals surface area (Å²) in [7, 11) is -4.02. The van der Waals surface area contributed by atoms with Crippen LogP contribution in [0.5, 0.6) is 0 Å². The minimum Gasteiger partial charge on any atom is -0.396 e. The average Bonchev–Trinajstić information content (AvgIpc) is 3.63. The summed E-state index contributed by atoms with van der Waals surface area (Å²) in [6.45, 7) is 15.1. The van der Waals surface area contributed by atoms with Gasteiger partial charge in [-0.25, -0.2) is 0 Å². The Balaban J connectivity index is 0.000000137. The fourth-order valence-corrected chi connectivity index (χ4v) is 13.5. The van der Waals surface area contributed by atoms with Gasteiger partial charge in [-0.05, 0) is 136 Å². The average molecular weight is 783 g/mol. The van der Waals surface area contributed by atoms with Crippen LogP contribution in [0.3, 0.4) is 0 Å². The zero-order valence-electron chi connectivity index (χ0n) is 33.6. The highest BCUT2D eigenvalue weighted by Crippen LogP contribution is 2.66. The number of fused-ring (bicyclic) bond motifs is 10. The van der Waals surface area contributed by atoms with Crippen LogP contribution in [-0.2, 0) is 29.3 Å². The molecule has 0 aliphatic heterocycles. The Labute approximate surface area is 332 Å². The number of hydrogen-bond donors (Lipinski definition) is 2. The van der Waals surface area contributed by atoms with E-state index in [9.17, 15) is 32.7 Å². The third-order valence-corrected chi connectivity index (χ3v) is 17.1. The molecule has 8 aliphatic carbocycles. The topological polar surface area (TPSA) is 143 Å². The normalized spacial score (nSPS) is 40.6. The third-order valence-electron chi connectivity index (χ3n) is 16.2. The number of aliphatic hydroxyl groups excluding tert-OH is 1. The van der Waals surface area contributed by atoms with Crippen LogP contribution in [0, 0.1) is 70.0 Å². The molecule has 0 saturated heterocycles. The number of hydrogen-bond acceptors (Lipinski definition) is 7. The molecule has 7 unspecified atom stereocenters. The van der Waals surface area contributed by atoms with Gasteiger partial charge in [0, 0.05) is 47.0 Å². The second-order valence-electron chi connectivity index (χ2n) is 19.0. The highest BCUT2D eigenvalue weighted by Gasteiger charge is 2.61. The Morgan fingerprint density at radius 3 is 1.80 bits per heavy atom.